The highest BCUT2D eigenvalue weighted by Crippen LogP contribution is 2.31. The first-order valence-corrected chi connectivity index (χ1v) is 8.71. The molecule has 0 atom stereocenters. The van der Waals surface area contributed by atoms with Crippen molar-refractivity contribution in [2.75, 3.05) is 24.9 Å². The Morgan fingerprint density at radius 1 is 0.852 bits per heavy atom. The average molecular weight is 364 g/mol. The van der Waals surface area contributed by atoms with Crippen LogP contribution in [-0.4, -0.2) is 24.2 Å². The van der Waals surface area contributed by atoms with Crippen molar-refractivity contribution in [1.82, 2.24) is 9.97 Å². The second-order valence-corrected chi connectivity index (χ2v) is 6.22. The molecule has 0 saturated heterocycles. The van der Waals surface area contributed by atoms with Gasteiger partial charge in [0, 0.05) is 24.4 Å². The van der Waals surface area contributed by atoms with Crippen LogP contribution >= 0.6 is 0 Å². The first-order valence-electron chi connectivity index (χ1n) is 8.71. The minimum atomic E-state index is 0.658. The Morgan fingerprint density at radius 3 is 2.37 bits per heavy atom. The monoisotopic (exact) mass is 364 g/mol. The van der Waals surface area contributed by atoms with Crippen LogP contribution in [0, 0.1) is 13.8 Å². The summed E-state index contributed by atoms with van der Waals surface area (Å²) in [6.45, 7) is 4.66. The van der Waals surface area contributed by atoms with Crippen molar-refractivity contribution in [3.8, 4) is 11.5 Å². The Bertz CT molecular complexity index is 928. The van der Waals surface area contributed by atoms with Crippen LogP contribution in [0.5, 0.6) is 11.5 Å². The summed E-state index contributed by atoms with van der Waals surface area (Å²) < 4.78 is 10.6. The molecule has 2 N–H and O–H groups in total. The highest BCUT2D eigenvalue weighted by Gasteiger charge is 2.07. The second kappa shape index (κ2) is 8.40. The molecule has 2 aromatic carbocycles. The van der Waals surface area contributed by atoms with E-state index in [4.69, 9.17) is 9.47 Å². The van der Waals surface area contributed by atoms with E-state index < -0.39 is 0 Å². The van der Waals surface area contributed by atoms with Gasteiger partial charge in [0.1, 0.15) is 17.5 Å². The Balaban J connectivity index is 1.75. The van der Waals surface area contributed by atoms with Gasteiger partial charge in [-0.25, -0.2) is 9.97 Å². The molecule has 0 bridgehead atoms. The van der Waals surface area contributed by atoms with Crippen LogP contribution in [0.2, 0.25) is 0 Å². The quantitative estimate of drug-likeness (QED) is 0.645. The normalized spacial score (nSPS) is 10.4. The molecule has 0 saturated carbocycles. The summed E-state index contributed by atoms with van der Waals surface area (Å²) in [5, 5.41) is 6.65. The fraction of sp³-hybridized carbons (Fsp3) is 0.238. The van der Waals surface area contributed by atoms with Gasteiger partial charge in [-0.2, -0.15) is 0 Å². The van der Waals surface area contributed by atoms with Crippen molar-refractivity contribution in [3.05, 3.63) is 65.5 Å². The molecule has 0 aliphatic carbocycles. The van der Waals surface area contributed by atoms with Crippen molar-refractivity contribution in [1.29, 1.82) is 0 Å². The molecule has 1 aromatic heterocycles. The maximum absolute atomic E-state index is 5.35. The van der Waals surface area contributed by atoms with Crippen LogP contribution < -0.4 is 20.1 Å². The topological polar surface area (TPSA) is 68.3 Å². The van der Waals surface area contributed by atoms with E-state index in [2.05, 4.69) is 51.8 Å². The third-order valence-electron chi connectivity index (χ3n) is 4.05. The molecule has 1 heterocycles. The number of hydrogen-bond acceptors (Lipinski definition) is 6. The van der Waals surface area contributed by atoms with Crippen molar-refractivity contribution in [2.45, 2.75) is 20.4 Å². The number of ether oxygens (including phenoxy) is 2. The Morgan fingerprint density at radius 2 is 1.63 bits per heavy atom. The molecule has 3 rings (SSSR count). The minimum absolute atomic E-state index is 0.658. The number of methoxy groups -OCH3 is 2. The first-order chi connectivity index (χ1) is 13.1. The van der Waals surface area contributed by atoms with Gasteiger partial charge >= 0.3 is 0 Å². The predicted octanol–water partition coefficient (Wildman–Crippen LogP) is 4.47. The maximum atomic E-state index is 5.35. The van der Waals surface area contributed by atoms with Gasteiger partial charge in [-0.3, -0.25) is 0 Å². The van der Waals surface area contributed by atoms with Gasteiger partial charge in [0.15, 0.2) is 11.5 Å². The van der Waals surface area contributed by atoms with Crippen molar-refractivity contribution in [3.63, 3.8) is 0 Å². The lowest BCUT2D eigenvalue weighted by atomic mass is 10.1. The van der Waals surface area contributed by atoms with E-state index in [-0.39, 0.29) is 0 Å². The average Bonchev–Trinajstić information content (AvgIpc) is 2.66. The summed E-state index contributed by atoms with van der Waals surface area (Å²) in [5.41, 5.74) is 3.31. The highest BCUT2D eigenvalue weighted by molar-refractivity contribution is 5.63. The number of nitrogens with one attached hydrogen (secondary N) is 2. The van der Waals surface area contributed by atoms with Crippen LogP contribution in [0.25, 0.3) is 0 Å². The fourth-order valence-corrected chi connectivity index (χ4v) is 2.80. The molecule has 6 nitrogen and oxygen atoms in total. The van der Waals surface area contributed by atoms with Gasteiger partial charge in [0.25, 0.3) is 0 Å². The molecule has 27 heavy (non-hydrogen) atoms. The first kappa shape index (κ1) is 18.5. The summed E-state index contributed by atoms with van der Waals surface area (Å²) in [4.78, 5) is 8.93. The van der Waals surface area contributed by atoms with E-state index in [1.807, 2.05) is 31.2 Å². The Labute approximate surface area is 159 Å². The molecule has 0 radical (unpaired) electrons. The molecule has 0 unspecified atom stereocenters. The summed E-state index contributed by atoms with van der Waals surface area (Å²) in [6, 6.07) is 15.9. The van der Waals surface area contributed by atoms with Crippen LogP contribution in [0.4, 0.5) is 17.3 Å². The number of aryl methyl sites for hydroxylation is 2. The summed E-state index contributed by atoms with van der Waals surface area (Å²) in [6.07, 6.45) is 0. The molecule has 140 valence electrons. The molecule has 0 aliphatic rings. The summed E-state index contributed by atoms with van der Waals surface area (Å²) >= 11 is 0. The number of nitrogens with zero attached hydrogens (tertiary/aromatic N) is 2. The van der Waals surface area contributed by atoms with E-state index >= 15 is 0 Å². The molecule has 0 amide bonds. The number of aromatic nitrogens is 2. The van der Waals surface area contributed by atoms with E-state index in [0.717, 1.165) is 11.5 Å². The fourth-order valence-electron chi connectivity index (χ4n) is 2.80. The number of benzene rings is 2. The molecule has 3 aromatic rings. The van der Waals surface area contributed by atoms with Gasteiger partial charge in [0.2, 0.25) is 0 Å². The lowest BCUT2D eigenvalue weighted by Crippen LogP contribution is -2.05. The van der Waals surface area contributed by atoms with Crippen LogP contribution in [-0.2, 0) is 6.54 Å². The number of rotatable bonds is 7. The Kier molecular flexibility index (Phi) is 5.76. The molecule has 0 spiro atoms. The zero-order valence-electron chi connectivity index (χ0n) is 16.0. The smallest absolute Gasteiger partial charge is 0.162 e. The third kappa shape index (κ3) is 4.88. The molecular weight excluding hydrogens is 340 g/mol. The van der Waals surface area contributed by atoms with E-state index in [0.29, 0.717) is 29.7 Å². The van der Waals surface area contributed by atoms with Gasteiger partial charge in [-0.15, -0.1) is 0 Å². The molecular formula is C21H24N4O2. The predicted molar refractivity (Wildman–Crippen MR) is 108 cm³/mol. The van der Waals surface area contributed by atoms with E-state index in [1.165, 1.54) is 11.1 Å². The summed E-state index contributed by atoms with van der Waals surface area (Å²) in [5.74, 6) is 3.51. The van der Waals surface area contributed by atoms with E-state index in [1.54, 1.807) is 14.2 Å². The molecule has 0 fully saturated rings. The SMILES string of the molecule is COc1ccc(Nc2cc(NCc3cccc(C)c3)nc(C)n2)cc1OC. The van der Waals surface area contributed by atoms with E-state index in [9.17, 15) is 0 Å². The van der Waals surface area contributed by atoms with Crippen LogP contribution in [0.15, 0.2) is 48.5 Å². The highest BCUT2D eigenvalue weighted by atomic mass is 16.5. The zero-order chi connectivity index (χ0) is 19.2. The van der Waals surface area contributed by atoms with Crippen LogP contribution in [0.3, 0.4) is 0 Å². The van der Waals surface area contributed by atoms with Crippen molar-refractivity contribution < 1.29 is 9.47 Å². The lowest BCUT2D eigenvalue weighted by molar-refractivity contribution is 0.355. The lowest BCUT2D eigenvalue weighted by Gasteiger charge is -2.12. The van der Waals surface area contributed by atoms with Gasteiger partial charge in [-0.05, 0) is 31.5 Å². The zero-order valence-corrected chi connectivity index (χ0v) is 16.0. The standard InChI is InChI=1S/C21H24N4O2/c1-14-6-5-7-16(10-14)13-22-20-12-21(24-15(2)23-20)25-17-8-9-18(26-3)19(11-17)27-4/h5-12H,13H2,1-4H3,(H2,22,23,24,25). The van der Waals surface area contributed by atoms with Gasteiger partial charge in [0.05, 0.1) is 14.2 Å². The summed E-state index contributed by atoms with van der Waals surface area (Å²) in [7, 11) is 3.23. The minimum Gasteiger partial charge on any atom is -0.493 e. The number of anilines is 3. The number of hydrogen-bond donors (Lipinski definition) is 2. The molecule has 6 heteroatoms. The van der Waals surface area contributed by atoms with Crippen LogP contribution in [0.1, 0.15) is 17.0 Å². The van der Waals surface area contributed by atoms with Crippen molar-refractivity contribution >= 4 is 17.3 Å². The van der Waals surface area contributed by atoms with Crippen molar-refractivity contribution in [2.24, 2.45) is 0 Å². The molecule has 0 aliphatic heterocycles. The largest absolute Gasteiger partial charge is 0.493 e. The third-order valence-corrected chi connectivity index (χ3v) is 4.05. The maximum Gasteiger partial charge on any atom is 0.162 e. The van der Waals surface area contributed by atoms with Gasteiger partial charge < -0.3 is 20.1 Å². The Hall–Kier alpha value is -3.28. The second-order valence-electron chi connectivity index (χ2n) is 6.22. The van der Waals surface area contributed by atoms with Gasteiger partial charge in [-0.1, -0.05) is 29.8 Å².